The largest absolute Gasteiger partial charge is 0.493 e. The van der Waals surface area contributed by atoms with E-state index in [4.69, 9.17) is 21.1 Å². The van der Waals surface area contributed by atoms with E-state index in [1.807, 2.05) is 0 Å². The van der Waals surface area contributed by atoms with Gasteiger partial charge in [-0.15, -0.1) is 16.2 Å². The number of benzene rings is 2. The van der Waals surface area contributed by atoms with E-state index < -0.39 is 15.9 Å². The Morgan fingerprint density at radius 3 is 2.38 bits per heavy atom. The van der Waals surface area contributed by atoms with E-state index in [2.05, 4.69) is 15.6 Å². The Kier molecular flexibility index (Phi) is 8.70. The highest BCUT2D eigenvalue weighted by Gasteiger charge is 2.21. The third kappa shape index (κ3) is 7.01. The van der Waals surface area contributed by atoms with Gasteiger partial charge >= 0.3 is 0 Å². The number of thiophene rings is 1. The van der Waals surface area contributed by atoms with Gasteiger partial charge in [0.05, 0.1) is 19.8 Å². The molecule has 0 spiro atoms. The Bertz CT molecular complexity index is 1370. The van der Waals surface area contributed by atoms with Crippen LogP contribution in [0, 0.1) is 0 Å². The first-order valence-electron chi connectivity index (χ1n) is 11.5. The van der Waals surface area contributed by atoms with Crippen LogP contribution in [0.5, 0.6) is 11.5 Å². The number of halogens is 1. The molecule has 0 unspecified atom stereocenters. The van der Waals surface area contributed by atoms with Crippen molar-refractivity contribution < 1.29 is 27.5 Å². The van der Waals surface area contributed by atoms with Crippen LogP contribution in [-0.4, -0.2) is 33.4 Å². The maximum absolute atomic E-state index is 12.7. The standard InChI is InChI=1S/C25H26ClN3O6S2/c1-34-21-12-8-17(14-22(21)35-19-4-2-3-5-19)25(31)28-29-37(32,33)23-13-11-20(36-23)15-27-24(30)16-6-9-18(26)10-7-16/h6-14,19,29H,2-5,15H2,1H3,(H,27,30)(H,28,31). The van der Waals surface area contributed by atoms with Gasteiger partial charge in [-0.3, -0.25) is 15.0 Å². The van der Waals surface area contributed by atoms with E-state index in [-0.39, 0.29) is 28.3 Å². The Balaban J connectivity index is 1.34. The molecule has 0 bridgehead atoms. The van der Waals surface area contributed by atoms with Gasteiger partial charge in [0.2, 0.25) is 0 Å². The molecule has 37 heavy (non-hydrogen) atoms. The lowest BCUT2D eigenvalue weighted by Gasteiger charge is -2.16. The minimum absolute atomic E-state index is 0.0106. The van der Waals surface area contributed by atoms with E-state index in [0.29, 0.717) is 27.0 Å². The van der Waals surface area contributed by atoms with Crippen LogP contribution in [-0.2, 0) is 16.6 Å². The second-order valence-corrected chi connectivity index (χ2v) is 11.9. The van der Waals surface area contributed by atoms with Gasteiger partial charge in [0.25, 0.3) is 21.8 Å². The van der Waals surface area contributed by atoms with Gasteiger partial charge < -0.3 is 14.8 Å². The van der Waals surface area contributed by atoms with Crippen LogP contribution in [0.1, 0.15) is 51.3 Å². The van der Waals surface area contributed by atoms with Gasteiger partial charge in [0.15, 0.2) is 11.5 Å². The molecule has 1 aromatic heterocycles. The molecule has 3 aromatic rings. The normalized spacial score (nSPS) is 13.8. The molecule has 4 rings (SSSR count). The topological polar surface area (TPSA) is 123 Å². The lowest BCUT2D eigenvalue weighted by molar-refractivity contribution is 0.0939. The molecule has 1 fully saturated rings. The number of hydrogen-bond acceptors (Lipinski definition) is 7. The zero-order valence-corrected chi connectivity index (χ0v) is 22.3. The first-order valence-corrected chi connectivity index (χ1v) is 14.2. The fraction of sp³-hybridized carbons (Fsp3) is 0.280. The summed E-state index contributed by atoms with van der Waals surface area (Å²) in [5.74, 6) is -0.0168. The van der Waals surface area contributed by atoms with Crippen molar-refractivity contribution in [1.82, 2.24) is 15.6 Å². The van der Waals surface area contributed by atoms with Crippen molar-refractivity contribution >= 4 is 44.8 Å². The van der Waals surface area contributed by atoms with Crippen molar-refractivity contribution in [2.24, 2.45) is 0 Å². The van der Waals surface area contributed by atoms with E-state index in [1.165, 1.54) is 25.3 Å². The van der Waals surface area contributed by atoms with E-state index in [9.17, 15) is 18.0 Å². The van der Waals surface area contributed by atoms with Crippen molar-refractivity contribution in [3.8, 4) is 11.5 Å². The molecule has 2 amide bonds. The Morgan fingerprint density at radius 2 is 1.68 bits per heavy atom. The number of sulfonamides is 1. The second kappa shape index (κ2) is 12.0. The predicted octanol–water partition coefficient (Wildman–Crippen LogP) is 4.28. The monoisotopic (exact) mass is 563 g/mol. The van der Waals surface area contributed by atoms with Crippen molar-refractivity contribution in [2.45, 2.75) is 42.5 Å². The zero-order valence-electron chi connectivity index (χ0n) is 20.0. The number of carbonyl (C=O) groups excluding carboxylic acids is 2. The minimum Gasteiger partial charge on any atom is -0.493 e. The van der Waals surface area contributed by atoms with Crippen molar-refractivity contribution in [3.63, 3.8) is 0 Å². The molecule has 0 atom stereocenters. The number of hydrogen-bond donors (Lipinski definition) is 3. The smallest absolute Gasteiger partial charge is 0.266 e. The summed E-state index contributed by atoms with van der Waals surface area (Å²) < 4.78 is 36.7. The fourth-order valence-electron chi connectivity index (χ4n) is 3.80. The Labute approximate surface area is 224 Å². The summed E-state index contributed by atoms with van der Waals surface area (Å²) in [6, 6.07) is 14.1. The van der Waals surface area contributed by atoms with E-state index in [1.54, 1.807) is 36.4 Å². The quantitative estimate of drug-likeness (QED) is 0.316. The van der Waals surface area contributed by atoms with Crippen LogP contribution in [0.4, 0.5) is 0 Å². The summed E-state index contributed by atoms with van der Waals surface area (Å²) in [6.07, 6.45) is 4.12. The van der Waals surface area contributed by atoms with Crippen LogP contribution in [0.25, 0.3) is 0 Å². The van der Waals surface area contributed by atoms with Gasteiger partial charge in [0, 0.05) is 21.0 Å². The molecule has 1 heterocycles. The summed E-state index contributed by atoms with van der Waals surface area (Å²) in [5.41, 5.74) is 2.89. The van der Waals surface area contributed by atoms with E-state index >= 15 is 0 Å². The third-order valence-electron chi connectivity index (χ3n) is 5.75. The average molecular weight is 564 g/mol. The summed E-state index contributed by atoms with van der Waals surface area (Å²) >= 11 is 6.81. The summed E-state index contributed by atoms with van der Waals surface area (Å²) in [6.45, 7) is 0.142. The number of rotatable bonds is 10. The lowest BCUT2D eigenvalue weighted by atomic mass is 10.2. The van der Waals surface area contributed by atoms with Crippen LogP contribution in [0.15, 0.2) is 58.8 Å². The Hall–Kier alpha value is -3.12. The third-order valence-corrected chi connectivity index (χ3v) is 8.83. The van der Waals surface area contributed by atoms with Crippen LogP contribution < -0.4 is 25.0 Å². The summed E-state index contributed by atoms with van der Waals surface area (Å²) in [5, 5.41) is 3.26. The average Bonchev–Trinajstić information content (AvgIpc) is 3.59. The maximum Gasteiger partial charge on any atom is 0.266 e. The number of nitrogens with one attached hydrogen (secondary N) is 3. The highest BCUT2D eigenvalue weighted by Crippen LogP contribution is 2.32. The molecular weight excluding hydrogens is 538 g/mol. The molecule has 1 saturated carbocycles. The number of carbonyl (C=O) groups is 2. The maximum atomic E-state index is 12.7. The number of methoxy groups -OCH3 is 1. The molecular formula is C25H26ClN3O6S2. The highest BCUT2D eigenvalue weighted by atomic mass is 35.5. The minimum atomic E-state index is -4.03. The summed E-state index contributed by atoms with van der Waals surface area (Å²) in [4.78, 5) is 27.7. The predicted molar refractivity (Wildman–Crippen MR) is 141 cm³/mol. The number of amides is 2. The van der Waals surface area contributed by atoms with Crippen LogP contribution in [0.2, 0.25) is 5.02 Å². The molecule has 3 N–H and O–H groups in total. The first-order chi connectivity index (χ1) is 17.7. The van der Waals surface area contributed by atoms with Crippen LogP contribution >= 0.6 is 22.9 Å². The molecule has 12 heteroatoms. The van der Waals surface area contributed by atoms with Crippen LogP contribution in [0.3, 0.4) is 0 Å². The first kappa shape index (κ1) is 26.9. The molecule has 1 aliphatic carbocycles. The van der Waals surface area contributed by atoms with E-state index in [0.717, 1.165) is 37.0 Å². The molecule has 9 nitrogen and oxygen atoms in total. The highest BCUT2D eigenvalue weighted by molar-refractivity contribution is 7.91. The lowest BCUT2D eigenvalue weighted by Crippen LogP contribution is -2.41. The summed E-state index contributed by atoms with van der Waals surface area (Å²) in [7, 11) is -2.51. The molecule has 0 saturated heterocycles. The SMILES string of the molecule is COc1ccc(C(=O)NNS(=O)(=O)c2ccc(CNC(=O)c3ccc(Cl)cc3)s2)cc1OC1CCCC1. The van der Waals surface area contributed by atoms with Gasteiger partial charge in [-0.05, 0) is 80.3 Å². The van der Waals surface area contributed by atoms with Gasteiger partial charge in [-0.25, -0.2) is 8.42 Å². The van der Waals surface area contributed by atoms with Gasteiger partial charge in [-0.1, -0.05) is 11.6 Å². The molecule has 196 valence electrons. The van der Waals surface area contributed by atoms with Gasteiger partial charge in [0.1, 0.15) is 4.21 Å². The number of hydrazine groups is 1. The zero-order chi connectivity index (χ0) is 26.4. The van der Waals surface area contributed by atoms with Crippen molar-refractivity contribution in [2.75, 3.05) is 7.11 Å². The molecule has 2 aromatic carbocycles. The number of ether oxygens (including phenoxy) is 2. The molecule has 0 aliphatic heterocycles. The van der Waals surface area contributed by atoms with Crippen molar-refractivity contribution in [1.29, 1.82) is 0 Å². The second-order valence-electron chi connectivity index (χ2n) is 8.36. The van der Waals surface area contributed by atoms with Gasteiger partial charge in [-0.2, -0.15) is 0 Å². The Morgan fingerprint density at radius 1 is 0.973 bits per heavy atom. The molecule has 1 aliphatic rings. The fourth-order valence-corrected chi connectivity index (χ4v) is 6.06. The van der Waals surface area contributed by atoms with Crippen molar-refractivity contribution in [3.05, 3.63) is 75.6 Å². The molecule has 0 radical (unpaired) electrons.